The number of thiazole rings is 1. The Kier molecular flexibility index (Phi) is 6.71. The van der Waals surface area contributed by atoms with Crippen molar-refractivity contribution in [1.82, 2.24) is 4.98 Å². The number of aromatic nitrogens is 1. The summed E-state index contributed by atoms with van der Waals surface area (Å²) in [6, 6.07) is 15.7. The first-order chi connectivity index (χ1) is 14.7. The second-order valence-electron chi connectivity index (χ2n) is 7.10. The van der Waals surface area contributed by atoms with E-state index in [0.717, 1.165) is 35.0 Å². The van der Waals surface area contributed by atoms with Gasteiger partial charge in [0.1, 0.15) is 0 Å². The Hall–Kier alpha value is -2.77. The molecule has 1 saturated heterocycles. The van der Waals surface area contributed by atoms with Crippen molar-refractivity contribution in [2.24, 2.45) is 15.3 Å². The van der Waals surface area contributed by atoms with Crippen LogP contribution in [0, 0.1) is 6.92 Å². The third-order valence-corrected chi connectivity index (χ3v) is 6.04. The lowest BCUT2D eigenvalue weighted by Gasteiger charge is -2.28. The average Bonchev–Trinajstić information content (AvgIpc) is 3.14. The molecule has 0 radical (unpaired) electrons. The fraction of sp³-hybridized carbons (Fsp3) is 0.273. The van der Waals surface area contributed by atoms with Crippen LogP contribution in [-0.2, 0) is 0 Å². The van der Waals surface area contributed by atoms with Gasteiger partial charge in [0.05, 0.1) is 17.6 Å². The number of hydrogen-bond donors (Lipinski definition) is 1. The monoisotopic (exact) mass is 438 g/mol. The maximum Gasteiger partial charge on any atom is 0.205 e. The standard InChI is InChI=1S/C22H23ClN6S/c1-16-21(27-26-19-9-7-18(23)8-10-19)30-22(25-16)28-24-15-17-5-11-20(12-6-17)29-13-3-2-4-14-29/h5-12,15H,2-4,13-14H2,1H3,(H,25,28). The molecule has 0 unspecified atom stereocenters. The van der Waals surface area contributed by atoms with E-state index in [1.807, 2.05) is 19.1 Å². The number of hydrogen-bond acceptors (Lipinski definition) is 7. The van der Waals surface area contributed by atoms with Crippen molar-refractivity contribution in [3.63, 3.8) is 0 Å². The predicted octanol–water partition coefficient (Wildman–Crippen LogP) is 6.96. The molecule has 0 amide bonds. The van der Waals surface area contributed by atoms with Gasteiger partial charge < -0.3 is 4.90 Å². The van der Waals surface area contributed by atoms with Crippen molar-refractivity contribution >= 4 is 50.7 Å². The summed E-state index contributed by atoms with van der Waals surface area (Å²) in [5.41, 5.74) is 6.86. The number of nitrogens with one attached hydrogen (secondary N) is 1. The van der Waals surface area contributed by atoms with Gasteiger partial charge in [0.15, 0.2) is 5.00 Å². The van der Waals surface area contributed by atoms with E-state index in [2.05, 4.69) is 54.9 Å². The topological polar surface area (TPSA) is 65.2 Å². The normalized spacial score (nSPS) is 14.7. The molecule has 0 atom stereocenters. The predicted molar refractivity (Wildman–Crippen MR) is 126 cm³/mol. The number of benzene rings is 2. The minimum Gasteiger partial charge on any atom is -0.372 e. The molecule has 2 aromatic carbocycles. The Balaban J connectivity index is 1.35. The molecular formula is C22H23ClN6S. The van der Waals surface area contributed by atoms with Crippen molar-refractivity contribution in [2.75, 3.05) is 23.4 Å². The van der Waals surface area contributed by atoms with Gasteiger partial charge in [0.25, 0.3) is 0 Å². The van der Waals surface area contributed by atoms with E-state index in [9.17, 15) is 0 Å². The van der Waals surface area contributed by atoms with E-state index in [1.54, 1.807) is 18.3 Å². The van der Waals surface area contributed by atoms with Crippen LogP contribution in [0.4, 0.5) is 21.5 Å². The van der Waals surface area contributed by atoms with Gasteiger partial charge in [0.2, 0.25) is 5.13 Å². The van der Waals surface area contributed by atoms with E-state index in [0.29, 0.717) is 10.2 Å². The van der Waals surface area contributed by atoms with Crippen LogP contribution in [0.2, 0.25) is 5.02 Å². The van der Waals surface area contributed by atoms with Gasteiger partial charge in [-0.3, -0.25) is 5.43 Å². The van der Waals surface area contributed by atoms with Crippen LogP contribution in [0.15, 0.2) is 63.9 Å². The Morgan fingerprint density at radius 3 is 2.47 bits per heavy atom. The Labute approximate surface area is 185 Å². The summed E-state index contributed by atoms with van der Waals surface area (Å²) in [6.45, 7) is 4.20. The molecule has 3 aromatic rings. The Morgan fingerprint density at radius 2 is 1.73 bits per heavy atom. The molecule has 2 heterocycles. The van der Waals surface area contributed by atoms with Gasteiger partial charge in [-0.05, 0) is 68.1 Å². The van der Waals surface area contributed by atoms with Crippen molar-refractivity contribution in [3.05, 3.63) is 64.8 Å². The molecule has 1 aliphatic rings. The fourth-order valence-electron chi connectivity index (χ4n) is 3.23. The number of nitrogens with zero attached hydrogens (tertiary/aromatic N) is 5. The number of rotatable bonds is 6. The van der Waals surface area contributed by atoms with Gasteiger partial charge in [-0.2, -0.15) is 5.10 Å². The molecule has 1 aliphatic heterocycles. The summed E-state index contributed by atoms with van der Waals surface area (Å²) < 4.78 is 0. The lowest BCUT2D eigenvalue weighted by molar-refractivity contribution is 0.578. The van der Waals surface area contributed by atoms with E-state index in [1.165, 1.54) is 36.3 Å². The summed E-state index contributed by atoms with van der Waals surface area (Å²) in [5.74, 6) is 0. The van der Waals surface area contributed by atoms with Crippen LogP contribution in [0.25, 0.3) is 0 Å². The maximum atomic E-state index is 5.89. The number of halogens is 1. The van der Waals surface area contributed by atoms with Crippen LogP contribution in [-0.4, -0.2) is 24.3 Å². The average molecular weight is 439 g/mol. The van der Waals surface area contributed by atoms with Crippen molar-refractivity contribution in [2.45, 2.75) is 26.2 Å². The van der Waals surface area contributed by atoms with E-state index in [-0.39, 0.29) is 0 Å². The molecule has 1 aromatic heterocycles. The van der Waals surface area contributed by atoms with E-state index >= 15 is 0 Å². The first-order valence-electron chi connectivity index (χ1n) is 9.96. The van der Waals surface area contributed by atoms with Crippen LogP contribution in [0.5, 0.6) is 0 Å². The molecular weight excluding hydrogens is 416 g/mol. The van der Waals surface area contributed by atoms with Crippen molar-refractivity contribution in [1.29, 1.82) is 0 Å². The highest BCUT2D eigenvalue weighted by atomic mass is 35.5. The number of azo groups is 1. The molecule has 0 aliphatic carbocycles. The fourth-order valence-corrected chi connectivity index (χ4v) is 4.09. The van der Waals surface area contributed by atoms with Crippen LogP contribution >= 0.6 is 22.9 Å². The largest absolute Gasteiger partial charge is 0.372 e. The highest BCUT2D eigenvalue weighted by molar-refractivity contribution is 7.19. The van der Waals surface area contributed by atoms with Gasteiger partial charge in [0, 0.05) is 23.8 Å². The molecule has 4 rings (SSSR count). The van der Waals surface area contributed by atoms with Gasteiger partial charge in [-0.25, -0.2) is 4.98 Å². The molecule has 0 spiro atoms. The van der Waals surface area contributed by atoms with Crippen molar-refractivity contribution in [3.8, 4) is 0 Å². The zero-order valence-corrected chi connectivity index (χ0v) is 18.3. The number of aryl methyl sites for hydroxylation is 1. The molecule has 154 valence electrons. The third-order valence-electron chi connectivity index (χ3n) is 4.84. The van der Waals surface area contributed by atoms with Gasteiger partial charge >= 0.3 is 0 Å². The third kappa shape index (κ3) is 5.43. The lowest BCUT2D eigenvalue weighted by Crippen LogP contribution is -2.29. The summed E-state index contributed by atoms with van der Waals surface area (Å²) in [6.07, 6.45) is 5.70. The van der Waals surface area contributed by atoms with Crippen LogP contribution in [0.3, 0.4) is 0 Å². The minimum absolute atomic E-state index is 0.674. The SMILES string of the molecule is Cc1nc(NN=Cc2ccc(N3CCCCC3)cc2)sc1N=Nc1ccc(Cl)cc1. The molecule has 30 heavy (non-hydrogen) atoms. The lowest BCUT2D eigenvalue weighted by atomic mass is 10.1. The highest BCUT2D eigenvalue weighted by Gasteiger charge is 2.10. The Bertz CT molecular complexity index is 1020. The number of piperidine rings is 1. The number of anilines is 2. The van der Waals surface area contributed by atoms with Crippen molar-refractivity contribution < 1.29 is 0 Å². The second-order valence-corrected chi connectivity index (χ2v) is 8.51. The first-order valence-corrected chi connectivity index (χ1v) is 11.2. The first kappa shape index (κ1) is 20.5. The van der Waals surface area contributed by atoms with E-state index < -0.39 is 0 Å². The van der Waals surface area contributed by atoms with E-state index in [4.69, 9.17) is 11.6 Å². The van der Waals surface area contributed by atoms with Crippen LogP contribution in [0.1, 0.15) is 30.5 Å². The summed E-state index contributed by atoms with van der Waals surface area (Å²) in [5, 5.41) is 14.9. The quantitative estimate of drug-likeness (QED) is 0.257. The maximum absolute atomic E-state index is 5.89. The molecule has 6 nitrogen and oxygen atoms in total. The summed E-state index contributed by atoms with van der Waals surface area (Å²) in [7, 11) is 0. The number of hydrazone groups is 1. The molecule has 1 fully saturated rings. The highest BCUT2D eigenvalue weighted by Crippen LogP contribution is 2.32. The summed E-state index contributed by atoms with van der Waals surface area (Å²) >= 11 is 7.30. The zero-order chi connectivity index (χ0) is 20.8. The van der Waals surface area contributed by atoms with Crippen LogP contribution < -0.4 is 10.3 Å². The zero-order valence-electron chi connectivity index (χ0n) is 16.8. The minimum atomic E-state index is 0.674. The van der Waals surface area contributed by atoms with Gasteiger partial charge in [-0.1, -0.05) is 35.1 Å². The van der Waals surface area contributed by atoms with Gasteiger partial charge in [-0.15, -0.1) is 10.2 Å². The summed E-state index contributed by atoms with van der Waals surface area (Å²) in [4.78, 5) is 6.90. The second kappa shape index (κ2) is 9.82. The smallest absolute Gasteiger partial charge is 0.205 e. The molecule has 0 saturated carbocycles. The Morgan fingerprint density at radius 1 is 1.00 bits per heavy atom. The molecule has 0 bridgehead atoms. The molecule has 1 N–H and O–H groups in total. The molecule has 8 heteroatoms.